The molecule has 7 nitrogen and oxygen atoms in total. The lowest BCUT2D eigenvalue weighted by atomic mass is 10.2. The molecule has 0 unspecified atom stereocenters. The lowest BCUT2D eigenvalue weighted by Gasteiger charge is -2.00. The van der Waals surface area contributed by atoms with Crippen LogP contribution in [0.3, 0.4) is 0 Å². The summed E-state index contributed by atoms with van der Waals surface area (Å²) in [5.41, 5.74) is 1.05. The molecule has 0 amide bonds. The molecule has 0 aliphatic heterocycles. The molecule has 0 saturated carbocycles. The summed E-state index contributed by atoms with van der Waals surface area (Å²) in [7, 11) is 3.47. The molecule has 110 valence electrons. The zero-order valence-corrected chi connectivity index (χ0v) is 12.2. The molecular formula is C14H17N5O2. The lowest BCUT2D eigenvalue weighted by molar-refractivity contribution is 0.0521. The molecule has 0 saturated heterocycles. The van der Waals surface area contributed by atoms with E-state index in [0.29, 0.717) is 5.82 Å². The van der Waals surface area contributed by atoms with Gasteiger partial charge in [-0.05, 0) is 6.92 Å². The molecule has 1 heterocycles. The molecule has 0 atom stereocenters. The average Bonchev–Trinajstić information content (AvgIpc) is 2.90. The van der Waals surface area contributed by atoms with Crippen LogP contribution in [0, 0.1) is 0 Å². The van der Waals surface area contributed by atoms with Gasteiger partial charge in [0.2, 0.25) is 5.82 Å². The van der Waals surface area contributed by atoms with Crippen LogP contribution in [0.2, 0.25) is 0 Å². The molecule has 1 aromatic heterocycles. The predicted molar refractivity (Wildman–Crippen MR) is 78.2 cm³/mol. The van der Waals surface area contributed by atoms with Gasteiger partial charge >= 0.3 is 5.97 Å². The normalized spacial score (nSPS) is 10.8. The van der Waals surface area contributed by atoms with Gasteiger partial charge in [0, 0.05) is 19.7 Å². The number of nitrogens with one attached hydrogen (secondary N) is 1. The van der Waals surface area contributed by atoms with Gasteiger partial charge in [0.1, 0.15) is 5.82 Å². The van der Waals surface area contributed by atoms with Gasteiger partial charge in [-0.25, -0.2) is 9.78 Å². The van der Waals surface area contributed by atoms with Crippen molar-refractivity contribution in [1.29, 1.82) is 0 Å². The fraction of sp³-hybridized carbons (Fsp3) is 0.286. The molecule has 0 fully saturated rings. The van der Waals surface area contributed by atoms with Crippen molar-refractivity contribution >= 4 is 11.8 Å². The van der Waals surface area contributed by atoms with E-state index in [-0.39, 0.29) is 18.1 Å². The van der Waals surface area contributed by atoms with Crippen LogP contribution in [0.15, 0.2) is 40.7 Å². The summed E-state index contributed by atoms with van der Waals surface area (Å²) in [4.78, 5) is 19.2. The Bertz CT molecular complexity index is 634. The van der Waals surface area contributed by atoms with Gasteiger partial charge < -0.3 is 9.72 Å². The SMILES string of the molecule is CCOC(=O)c1[nH]c(-c2ccccc2)nc1N=NN(C)C. The van der Waals surface area contributed by atoms with Crippen LogP contribution in [0.4, 0.5) is 5.82 Å². The third-order valence-electron chi connectivity index (χ3n) is 2.53. The average molecular weight is 287 g/mol. The fourth-order valence-corrected chi connectivity index (χ4v) is 1.65. The third kappa shape index (κ3) is 3.65. The molecule has 21 heavy (non-hydrogen) atoms. The number of aromatic nitrogens is 2. The van der Waals surface area contributed by atoms with Crippen molar-refractivity contribution in [2.75, 3.05) is 20.7 Å². The van der Waals surface area contributed by atoms with Crippen molar-refractivity contribution in [3.05, 3.63) is 36.0 Å². The van der Waals surface area contributed by atoms with Crippen LogP contribution in [0.5, 0.6) is 0 Å². The van der Waals surface area contributed by atoms with Crippen LogP contribution < -0.4 is 0 Å². The Morgan fingerprint density at radius 2 is 2.05 bits per heavy atom. The van der Waals surface area contributed by atoms with Gasteiger partial charge in [0.15, 0.2) is 5.69 Å². The molecule has 7 heteroatoms. The molecule has 1 N–H and O–H groups in total. The third-order valence-corrected chi connectivity index (χ3v) is 2.53. The van der Waals surface area contributed by atoms with Gasteiger partial charge in [-0.3, -0.25) is 5.01 Å². The lowest BCUT2D eigenvalue weighted by Crippen LogP contribution is -2.05. The van der Waals surface area contributed by atoms with Gasteiger partial charge in [-0.15, -0.1) is 5.11 Å². The van der Waals surface area contributed by atoms with Crippen molar-refractivity contribution in [3.63, 3.8) is 0 Å². The molecule has 0 spiro atoms. The van der Waals surface area contributed by atoms with Crippen molar-refractivity contribution < 1.29 is 9.53 Å². The number of H-pyrrole nitrogens is 1. The summed E-state index contributed by atoms with van der Waals surface area (Å²) < 4.78 is 5.00. The molecule has 0 aliphatic rings. The smallest absolute Gasteiger partial charge is 0.358 e. The second kappa shape index (κ2) is 6.65. The zero-order chi connectivity index (χ0) is 15.2. The van der Waals surface area contributed by atoms with E-state index in [0.717, 1.165) is 5.56 Å². The van der Waals surface area contributed by atoms with Gasteiger partial charge in [-0.2, -0.15) is 0 Å². The van der Waals surface area contributed by atoms with Crippen molar-refractivity contribution in [1.82, 2.24) is 15.0 Å². The Morgan fingerprint density at radius 1 is 1.33 bits per heavy atom. The minimum absolute atomic E-state index is 0.196. The quantitative estimate of drug-likeness (QED) is 0.520. The number of nitrogens with zero attached hydrogens (tertiary/aromatic N) is 4. The summed E-state index contributed by atoms with van der Waals surface area (Å²) in [6, 6.07) is 9.47. The number of benzene rings is 1. The maximum absolute atomic E-state index is 11.9. The second-order valence-electron chi connectivity index (χ2n) is 4.41. The minimum atomic E-state index is -0.500. The van der Waals surface area contributed by atoms with E-state index in [1.807, 2.05) is 30.3 Å². The largest absolute Gasteiger partial charge is 0.461 e. The number of aromatic amines is 1. The van der Waals surface area contributed by atoms with E-state index < -0.39 is 5.97 Å². The van der Waals surface area contributed by atoms with Crippen LogP contribution in [0.25, 0.3) is 11.4 Å². The maximum atomic E-state index is 11.9. The predicted octanol–water partition coefficient (Wildman–Crippen LogP) is 2.81. The maximum Gasteiger partial charge on any atom is 0.358 e. The highest BCUT2D eigenvalue weighted by atomic mass is 16.5. The highest BCUT2D eigenvalue weighted by molar-refractivity contribution is 5.92. The molecular weight excluding hydrogens is 270 g/mol. The number of esters is 1. The van der Waals surface area contributed by atoms with Crippen molar-refractivity contribution in [2.45, 2.75) is 6.92 Å². The summed E-state index contributed by atoms with van der Waals surface area (Å²) in [5, 5.41) is 9.36. The molecule has 1 aromatic carbocycles. The highest BCUT2D eigenvalue weighted by Crippen LogP contribution is 2.24. The molecule has 2 aromatic rings. The number of ether oxygens (including phenoxy) is 1. The van der Waals surface area contributed by atoms with E-state index in [1.165, 1.54) is 5.01 Å². The van der Waals surface area contributed by atoms with Crippen LogP contribution >= 0.6 is 0 Å². The Labute approximate surface area is 122 Å². The minimum Gasteiger partial charge on any atom is -0.461 e. The van der Waals surface area contributed by atoms with E-state index in [1.54, 1.807) is 21.0 Å². The number of carbonyl (C=O) groups excluding carboxylic acids is 1. The molecule has 0 aliphatic carbocycles. The first-order valence-corrected chi connectivity index (χ1v) is 6.53. The summed E-state index contributed by atoms with van der Waals surface area (Å²) >= 11 is 0. The van der Waals surface area contributed by atoms with Crippen molar-refractivity contribution in [3.8, 4) is 11.4 Å². The Balaban J connectivity index is 2.42. The molecule has 0 bridgehead atoms. The number of carbonyl (C=O) groups is 1. The standard InChI is InChI=1S/C14H17N5O2/c1-4-21-14(20)11-13(17-18-19(2)3)16-12(15-11)10-8-6-5-7-9-10/h5-9H,4H2,1-3H3,(H,15,16). The van der Waals surface area contributed by atoms with Gasteiger partial charge in [0.05, 0.1) is 6.61 Å². The van der Waals surface area contributed by atoms with Gasteiger partial charge in [-0.1, -0.05) is 35.6 Å². The Hall–Kier alpha value is -2.70. The van der Waals surface area contributed by atoms with E-state index >= 15 is 0 Å². The van der Waals surface area contributed by atoms with E-state index in [2.05, 4.69) is 20.3 Å². The highest BCUT2D eigenvalue weighted by Gasteiger charge is 2.19. The number of imidazole rings is 1. The van der Waals surface area contributed by atoms with Crippen LogP contribution in [0.1, 0.15) is 17.4 Å². The van der Waals surface area contributed by atoms with Crippen LogP contribution in [-0.2, 0) is 4.74 Å². The first kappa shape index (κ1) is 14.7. The number of hydrogen-bond donors (Lipinski definition) is 1. The van der Waals surface area contributed by atoms with Crippen LogP contribution in [-0.4, -0.2) is 41.6 Å². The second-order valence-corrected chi connectivity index (χ2v) is 4.41. The monoisotopic (exact) mass is 287 g/mol. The van der Waals surface area contributed by atoms with Crippen molar-refractivity contribution in [2.24, 2.45) is 10.3 Å². The van der Waals surface area contributed by atoms with E-state index in [9.17, 15) is 4.79 Å². The summed E-state index contributed by atoms with van der Waals surface area (Å²) in [6.07, 6.45) is 0. The first-order valence-electron chi connectivity index (χ1n) is 6.53. The summed E-state index contributed by atoms with van der Waals surface area (Å²) in [6.45, 7) is 2.02. The number of rotatable bonds is 5. The van der Waals surface area contributed by atoms with E-state index in [4.69, 9.17) is 4.74 Å². The summed E-state index contributed by atoms with van der Waals surface area (Å²) in [5.74, 6) is 0.257. The fourth-order valence-electron chi connectivity index (χ4n) is 1.65. The number of hydrogen-bond acceptors (Lipinski definition) is 5. The Kier molecular flexibility index (Phi) is 4.65. The van der Waals surface area contributed by atoms with Gasteiger partial charge in [0.25, 0.3) is 0 Å². The Morgan fingerprint density at radius 3 is 2.67 bits per heavy atom. The molecule has 2 rings (SSSR count). The molecule has 0 radical (unpaired) electrons. The zero-order valence-electron chi connectivity index (χ0n) is 12.2. The topological polar surface area (TPSA) is 82.9 Å². The first-order chi connectivity index (χ1) is 10.1.